The molecule has 2 atom stereocenters. The first kappa shape index (κ1) is 25.9. The van der Waals surface area contributed by atoms with Crippen molar-refractivity contribution in [3.8, 4) is 0 Å². The fraction of sp³-hybridized carbons (Fsp3) is 0.833. The molecule has 0 aromatic rings. The van der Waals surface area contributed by atoms with Crippen molar-refractivity contribution in [1.82, 2.24) is 16.0 Å². The second kappa shape index (κ2) is 11.7. The molecule has 0 radical (unpaired) electrons. The van der Waals surface area contributed by atoms with Crippen LogP contribution in [0.5, 0.6) is 0 Å². The van der Waals surface area contributed by atoms with E-state index in [1.165, 1.54) is 0 Å². The number of aliphatic hydroxyl groups is 1. The zero-order valence-electron chi connectivity index (χ0n) is 17.8. The van der Waals surface area contributed by atoms with Crippen LogP contribution in [0.1, 0.15) is 54.4 Å². The van der Waals surface area contributed by atoms with Crippen LogP contribution in [0, 0.1) is 0 Å². The van der Waals surface area contributed by atoms with Gasteiger partial charge in [-0.05, 0) is 54.4 Å². The molecular formula is C18H36N4O6. The Hall–Kier alpha value is -2.07. The van der Waals surface area contributed by atoms with Crippen LogP contribution in [-0.4, -0.2) is 66.2 Å². The summed E-state index contributed by atoms with van der Waals surface area (Å²) in [5.74, 6) is -0.456. The van der Waals surface area contributed by atoms with Gasteiger partial charge in [0.25, 0.3) is 0 Å². The van der Waals surface area contributed by atoms with E-state index in [0.717, 1.165) is 0 Å². The maximum absolute atomic E-state index is 12.1. The highest BCUT2D eigenvalue weighted by molar-refractivity contribution is 5.81. The number of nitrogens with two attached hydrogens (primary N) is 1. The zero-order valence-corrected chi connectivity index (χ0v) is 17.8. The number of alkyl carbamates (subject to hydrolysis) is 2. The molecule has 0 saturated carbocycles. The molecule has 0 aliphatic carbocycles. The van der Waals surface area contributed by atoms with E-state index in [9.17, 15) is 19.5 Å². The van der Waals surface area contributed by atoms with E-state index >= 15 is 0 Å². The number of hydrogen-bond acceptors (Lipinski definition) is 7. The molecule has 0 aliphatic rings. The van der Waals surface area contributed by atoms with E-state index in [1.54, 1.807) is 41.5 Å². The molecule has 0 aromatic heterocycles. The van der Waals surface area contributed by atoms with Crippen molar-refractivity contribution in [1.29, 1.82) is 0 Å². The highest BCUT2D eigenvalue weighted by Gasteiger charge is 2.21. The monoisotopic (exact) mass is 404 g/mol. The van der Waals surface area contributed by atoms with Gasteiger partial charge in [0, 0.05) is 13.1 Å². The Morgan fingerprint density at radius 2 is 1.46 bits per heavy atom. The molecule has 10 heteroatoms. The maximum Gasteiger partial charge on any atom is 0.407 e. The molecule has 0 fully saturated rings. The molecule has 0 bridgehead atoms. The van der Waals surface area contributed by atoms with Crippen molar-refractivity contribution in [2.24, 2.45) is 5.73 Å². The minimum absolute atomic E-state index is 0.00404. The van der Waals surface area contributed by atoms with Crippen LogP contribution in [0.4, 0.5) is 9.59 Å². The van der Waals surface area contributed by atoms with Crippen LogP contribution in [0.15, 0.2) is 0 Å². The van der Waals surface area contributed by atoms with Crippen molar-refractivity contribution >= 4 is 18.1 Å². The van der Waals surface area contributed by atoms with Gasteiger partial charge < -0.3 is 36.3 Å². The fourth-order valence-electron chi connectivity index (χ4n) is 1.95. The van der Waals surface area contributed by atoms with Crippen LogP contribution in [-0.2, 0) is 14.3 Å². The molecule has 0 aliphatic heterocycles. The maximum atomic E-state index is 12.1. The quantitative estimate of drug-likeness (QED) is 0.353. The van der Waals surface area contributed by atoms with Crippen LogP contribution in [0.2, 0.25) is 0 Å². The molecule has 164 valence electrons. The number of rotatable bonds is 9. The summed E-state index contributed by atoms with van der Waals surface area (Å²) in [5, 5.41) is 17.0. The zero-order chi connectivity index (χ0) is 22.0. The lowest BCUT2D eigenvalue weighted by Crippen LogP contribution is -2.51. The van der Waals surface area contributed by atoms with Crippen LogP contribution in [0.3, 0.4) is 0 Å². The Balaban J connectivity index is 4.16. The predicted octanol–water partition coefficient (Wildman–Crippen LogP) is 0.620. The van der Waals surface area contributed by atoms with Gasteiger partial charge in [0.15, 0.2) is 0 Å². The Labute approximate surface area is 166 Å². The van der Waals surface area contributed by atoms with Gasteiger partial charge in [-0.3, -0.25) is 4.79 Å². The second-order valence-electron chi connectivity index (χ2n) is 8.45. The minimum atomic E-state index is -0.809. The first-order chi connectivity index (χ1) is 12.7. The Morgan fingerprint density at radius 1 is 0.964 bits per heavy atom. The van der Waals surface area contributed by atoms with Gasteiger partial charge in [0.1, 0.15) is 11.2 Å². The van der Waals surface area contributed by atoms with E-state index in [4.69, 9.17) is 15.2 Å². The SMILES string of the molecule is CC(C)(C)OC(=O)NCCC[C@H](N)C(=O)N[C@H](CO)CNC(=O)OC(C)(C)C. The van der Waals surface area contributed by atoms with Gasteiger partial charge in [-0.2, -0.15) is 0 Å². The summed E-state index contributed by atoms with van der Waals surface area (Å²) in [5.41, 5.74) is 4.61. The van der Waals surface area contributed by atoms with Crippen LogP contribution < -0.4 is 21.7 Å². The number of carbonyl (C=O) groups excluding carboxylic acids is 3. The van der Waals surface area contributed by atoms with Crippen molar-refractivity contribution in [2.45, 2.75) is 77.7 Å². The van der Waals surface area contributed by atoms with Crippen molar-refractivity contribution < 1.29 is 29.0 Å². The lowest BCUT2D eigenvalue weighted by Gasteiger charge is -2.22. The molecule has 10 nitrogen and oxygen atoms in total. The first-order valence-electron chi connectivity index (χ1n) is 9.34. The Morgan fingerprint density at radius 3 is 1.93 bits per heavy atom. The highest BCUT2D eigenvalue weighted by Crippen LogP contribution is 2.07. The summed E-state index contributed by atoms with van der Waals surface area (Å²) in [6, 6.07) is -1.50. The molecule has 0 unspecified atom stereocenters. The molecule has 0 rings (SSSR count). The molecular weight excluding hydrogens is 368 g/mol. The first-order valence-corrected chi connectivity index (χ1v) is 9.34. The van der Waals surface area contributed by atoms with Crippen molar-refractivity contribution in [2.75, 3.05) is 19.7 Å². The summed E-state index contributed by atoms with van der Waals surface area (Å²) >= 11 is 0. The van der Waals surface area contributed by atoms with E-state index in [0.29, 0.717) is 19.4 Å². The number of hydrogen-bond donors (Lipinski definition) is 5. The average Bonchev–Trinajstić information content (AvgIpc) is 2.51. The van der Waals surface area contributed by atoms with Gasteiger partial charge in [-0.15, -0.1) is 0 Å². The van der Waals surface area contributed by atoms with Gasteiger partial charge in [-0.25, -0.2) is 9.59 Å². The molecule has 0 spiro atoms. The van der Waals surface area contributed by atoms with Crippen molar-refractivity contribution in [3.63, 3.8) is 0 Å². The van der Waals surface area contributed by atoms with E-state index in [1.807, 2.05) is 0 Å². The lowest BCUT2D eigenvalue weighted by molar-refractivity contribution is -0.123. The number of carbonyl (C=O) groups is 3. The number of ether oxygens (including phenoxy) is 2. The lowest BCUT2D eigenvalue weighted by atomic mass is 10.1. The van der Waals surface area contributed by atoms with Crippen molar-refractivity contribution in [3.05, 3.63) is 0 Å². The molecule has 3 amide bonds. The minimum Gasteiger partial charge on any atom is -0.444 e. The van der Waals surface area contributed by atoms with Crippen LogP contribution >= 0.6 is 0 Å². The summed E-state index contributed by atoms with van der Waals surface area (Å²) < 4.78 is 10.2. The fourth-order valence-corrected chi connectivity index (χ4v) is 1.95. The average molecular weight is 405 g/mol. The third-order valence-corrected chi connectivity index (χ3v) is 3.16. The van der Waals surface area contributed by atoms with Gasteiger partial charge >= 0.3 is 12.2 Å². The highest BCUT2D eigenvalue weighted by atomic mass is 16.6. The summed E-state index contributed by atoms with van der Waals surface area (Å²) in [4.78, 5) is 35.2. The second-order valence-corrected chi connectivity index (χ2v) is 8.45. The predicted molar refractivity (Wildman–Crippen MR) is 105 cm³/mol. The molecule has 0 aromatic carbocycles. The number of nitrogens with one attached hydrogen (secondary N) is 3. The van der Waals surface area contributed by atoms with Gasteiger partial charge in [0.2, 0.25) is 5.91 Å². The Kier molecular flexibility index (Phi) is 10.8. The summed E-state index contributed by atoms with van der Waals surface area (Å²) in [7, 11) is 0. The van der Waals surface area contributed by atoms with Crippen LogP contribution in [0.25, 0.3) is 0 Å². The third kappa shape index (κ3) is 14.0. The smallest absolute Gasteiger partial charge is 0.407 e. The van der Waals surface area contributed by atoms with E-state index < -0.39 is 41.4 Å². The topological polar surface area (TPSA) is 152 Å². The van der Waals surface area contributed by atoms with E-state index in [2.05, 4.69) is 16.0 Å². The van der Waals surface area contributed by atoms with Gasteiger partial charge in [0.05, 0.1) is 18.7 Å². The summed E-state index contributed by atoms with van der Waals surface area (Å²) in [6.45, 7) is 10.4. The molecule has 28 heavy (non-hydrogen) atoms. The molecule has 0 heterocycles. The summed E-state index contributed by atoms with van der Waals surface area (Å²) in [6.07, 6.45) is -0.357. The third-order valence-electron chi connectivity index (χ3n) is 3.16. The van der Waals surface area contributed by atoms with E-state index in [-0.39, 0.29) is 13.2 Å². The standard InChI is InChI=1S/C18H36N4O6/c1-17(2,3)27-15(25)20-9-7-8-13(19)14(24)22-12(11-23)10-21-16(26)28-18(4,5)6/h12-13,23H,7-11,19H2,1-6H3,(H,20,25)(H,21,26)(H,22,24)/t12-,13-/m0/s1. The largest absolute Gasteiger partial charge is 0.444 e. The van der Waals surface area contributed by atoms with Gasteiger partial charge in [-0.1, -0.05) is 0 Å². The molecule has 0 saturated heterocycles. The molecule has 6 N–H and O–H groups in total. The number of aliphatic hydroxyl groups excluding tert-OH is 1. The normalized spacial score (nSPS) is 13.9. The Bertz CT molecular complexity index is 513. The number of amides is 3.